The Bertz CT molecular complexity index is 179. The van der Waals surface area contributed by atoms with Gasteiger partial charge in [0.15, 0.2) is 0 Å². The Labute approximate surface area is 95.5 Å². The summed E-state index contributed by atoms with van der Waals surface area (Å²) in [7, 11) is 0. The van der Waals surface area contributed by atoms with Crippen molar-refractivity contribution in [2.45, 2.75) is 38.3 Å². The van der Waals surface area contributed by atoms with Gasteiger partial charge >= 0.3 is 0 Å². The van der Waals surface area contributed by atoms with Gasteiger partial charge in [-0.1, -0.05) is 13.8 Å². The lowest BCUT2D eigenvalue weighted by molar-refractivity contribution is -0.114. The molecule has 0 bridgehead atoms. The van der Waals surface area contributed by atoms with Crippen LogP contribution in [0.2, 0.25) is 0 Å². The van der Waals surface area contributed by atoms with E-state index < -0.39 is 31.0 Å². The largest absolute Gasteiger partial charge is 0.394 e. The van der Waals surface area contributed by atoms with Crippen molar-refractivity contribution < 1.29 is 25.5 Å². The third-order valence-electron chi connectivity index (χ3n) is 2.23. The van der Waals surface area contributed by atoms with Gasteiger partial charge < -0.3 is 30.8 Å². The highest BCUT2D eigenvalue weighted by molar-refractivity contribution is 4.81. The van der Waals surface area contributed by atoms with E-state index in [1.54, 1.807) is 0 Å². The van der Waals surface area contributed by atoms with Crippen molar-refractivity contribution in [3.8, 4) is 0 Å². The molecule has 0 heterocycles. The summed E-state index contributed by atoms with van der Waals surface area (Å²) < 4.78 is 0. The second-order valence-corrected chi connectivity index (χ2v) is 4.35. The van der Waals surface area contributed by atoms with Gasteiger partial charge in [-0.25, -0.2) is 0 Å². The van der Waals surface area contributed by atoms with Crippen LogP contribution in [-0.4, -0.2) is 69.6 Å². The average Bonchev–Trinajstić information content (AvgIpc) is 2.25. The molecular weight excluding hydrogens is 214 g/mol. The van der Waals surface area contributed by atoms with Gasteiger partial charge in [0.05, 0.1) is 12.7 Å². The van der Waals surface area contributed by atoms with Gasteiger partial charge in [-0.3, -0.25) is 0 Å². The molecule has 0 spiro atoms. The molecule has 0 aromatic carbocycles. The van der Waals surface area contributed by atoms with Gasteiger partial charge in [-0.05, 0) is 12.5 Å². The molecule has 4 atom stereocenters. The minimum atomic E-state index is -1.55. The minimum Gasteiger partial charge on any atom is -0.394 e. The van der Waals surface area contributed by atoms with E-state index in [0.717, 1.165) is 0 Å². The second-order valence-electron chi connectivity index (χ2n) is 4.35. The summed E-state index contributed by atoms with van der Waals surface area (Å²) in [6.07, 6.45) is -5.67. The maximum Gasteiger partial charge on any atom is 0.111 e. The van der Waals surface area contributed by atoms with Crippen LogP contribution in [-0.2, 0) is 0 Å². The van der Waals surface area contributed by atoms with Crippen molar-refractivity contribution in [1.29, 1.82) is 0 Å². The van der Waals surface area contributed by atoms with Crippen molar-refractivity contribution in [1.82, 2.24) is 5.32 Å². The van der Waals surface area contributed by atoms with Gasteiger partial charge in [0, 0.05) is 6.54 Å². The molecule has 0 saturated heterocycles. The first-order valence-corrected chi connectivity index (χ1v) is 5.44. The lowest BCUT2D eigenvalue weighted by atomic mass is 10.0. The van der Waals surface area contributed by atoms with Crippen molar-refractivity contribution in [3.05, 3.63) is 0 Å². The molecule has 1 unspecified atom stereocenters. The molecule has 0 saturated carbocycles. The van der Waals surface area contributed by atoms with Crippen LogP contribution < -0.4 is 5.32 Å². The molecule has 98 valence electrons. The van der Waals surface area contributed by atoms with Gasteiger partial charge in [-0.2, -0.15) is 0 Å². The van der Waals surface area contributed by atoms with Crippen LogP contribution in [0.4, 0.5) is 0 Å². The van der Waals surface area contributed by atoms with Crippen LogP contribution in [0, 0.1) is 5.92 Å². The summed E-state index contributed by atoms with van der Waals surface area (Å²) in [4.78, 5) is 0. The van der Waals surface area contributed by atoms with Crippen LogP contribution in [0.25, 0.3) is 0 Å². The number of aliphatic hydroxyl groups is 5. The molecule has 0 aromatic heterocycles. The van der Waals surface area contributed by atoms with E-state index in [1.165, 1.54) is 0 Å². The third-order valence-corrected chi connectivity index (χ3v) is 2.23. The van der Waals surface area contributed by atoms with Crippen molar-refractivity contribution in [2.24, 2.45) is 5.92 Å². The summed E-state index contributed by atoms with van der Waals surface area (Å²) in [6, 6.07) is 0. The fourth-order valence-electron chi connectivity index (χ4n) is 1.20. The van der Waals surface area contributed by atoms with E-state index in [4.69, 9.17) is 10.2 Å². The molecule has 0 amide bonds. The molecule has 6 N–H and O–H groups in total. The Kier molecular flexibility index (Phi) is 7.82. The fraction of sp³-hybridized carbons (Fsp3) is 1.00. The molecule has 6 heteroatoms. The number of hydrogen-bond donors (Lipinski definition) is 6. The Morgan fingerprint density at radius 2 is 1.38 bits per heavy atom. The monoisotopic (exact) mass is 237 g/mol. The molecular formula is C10H23NO5. The van der Waals surface area contributed by atoms with E-state index in [1.807, 2.05) is 13.8 Å². The summed E-state index contributed by atoms with van der Waals surface area (Å²) in [6.45, 7) is 4.14. The topological polar surface area (TPSA) is 113 Å². The van der Waals surface area contributed by atoms with Crippen molar-refractivity contribution >= 4 is 0 Å². The quantitative estimate of drug-likeness (QED) is 0.282. The van der Waals surface area contributed by atoms with Crippen LogP contribution in [0.1, 0.15) is 13.8 Å². The Morgan fingerprint density at radius 3 is 1.81 bits per heavy atom. The fourth-order valence-corrected chi connectivity index (χ4v) is 1.20. The highest BCUT2D eigenvalue weighted by Crippen LogP contribution is 2.04. The highest BCUT2D eigenvalue weighted by Gasteiger charge is 2.29. The van der Waals surface area contributed by atoms with Gasteiger partial charge in [0.25, 0.3) is 0 Å². The second kappa shape index (κ2) is 7.94. The first-order valence-electron chi connectivity index (χ1n) is 5.44. The van der Waals surface area contributed by atoms with E-state index in [0.29, 0.717) is 12.5 Å². The molecule has 0 aliphatic heterocycles. The van der Waals surface area contributed by atoms with Gasteiger partial charge in [-0.15, -0.1) is 0 Å². The summed E-state index contributed by atoms with van der Waals surface area (Å²) in [5, 5.41) is 48.8. The maximum absolute atomic E-state index is 9.48. The van der Waals surface area contributed by atoms with E-state index in [9.17, 15) is 15.3 Å². The zero-order chi connectivity index (χ0) is 12.7. The lowest BCUT2D eigenvalue weighted by Crippen LogP contribution is -2.49. The smallest absolute Gasteiger partial charge is 0.111 e. The summed E-state index contributed by atoms with van der Waals surface area (Å²) in [5.41, 5.74) is 0. The standard InChI is InChI=1S/C10H23NO5/c1-6(2)3-11-4-7(13)9(15)10(16)8(14)5-12/h6-16H,3-5H2,1-2H3/t7-,8?,9+,10+/m0/s1. The lowest BCUT2D eigenvalue weighted by Gasteiger charge is -2.26. The van der Waals surface area contributed by atoms with E-state index in [-0.39, 0.29) is 6.54 Å². The minimum absolute atomic E-state index is 0.120. The Hall–Kier alpha value is -0.240. The molecule has 0 aromatic rings. The predicted octanol–water partition coefficient (Wildman–Crippen LogP) is -2.33. The first kappa shape index (κ1) is 15.8. The third kappa shape index (κ3) is 5.74. The van der Waals surface area contributed by atoms with E-state index in [2.05, 4.69) is 5.32 Å². The zero-order valence-electron chi connectivity index (χ0n) is 9.74. The SMILES string of the molecule is CC(C)CNC[C@H](O)[C@@H](O)[C@H](O)C(O)CO. The molecule has 0 aliphatic carbocycles. The summed E-state index contributed by atoms with van der Waals surface area (Å²) >= 11 is 0. The Morgan fingerprint density at radius 1 is 0.875 bits per heavy atom. The molecule has 0 radical (unpaired) electrons. The van der Waals surface area contributed by atoms with Crippen LogP contribution in [0.3, 0.4) is 0 Å². The van der Waals surface area contributed by atoms with Crippen LogP contribution >= 0.6 is 0 Å². The highest BCUT2D eigenvalue weighted by atomic mass is 16.4. The van der Waals surface area contributed by atoms with Crippen molar-refractivity contribution in [3.63, 3.8) is 0 Å². The summed E-state index contributed by atoms with van der Waals surface area (Å²) in [5.74, 6) is 0.414. The molecule has 16 heavy (non-hydrogen) atoms. The Balaban J connectivity index is 3.92. The average molecular weight is 237 g/mol. The first-order chi connectivity index (χ1) is 7.40. The molecule has 0 fully saturated rings. The number of rotatable bonds is 8. The number of hydrogen-bond acceptors (Lipinski definition) is 6. The number of aliphatic hydroxyl groups excluding tert-OH is 5. The van der Waals surface area contributed by atoms with E-state index >= 15 is 0 Å². The molecule has 0 aliphatic rings. The maximum atomic E-state index is 9.48. The normalized spacial score (nSPS) is 19.5. The predicted molar refractivity (Wildman–Crippen MR) is 58.8 cm³/mol. The van der Waals surface area contributed by atoms with Crippen molar-refractivity contribution in [2.75, 3.05) is 19.7 Å². The van der Waals surface area contributed by atoms with Gasteiger partial charge in [0.1, 0.15) is 18.3 Å². The number of nitrogens with one attached hydrogen (secondary N) is 1. The van der Waals surface area contributed by atoms with Gasteiger partial charge in [0.2, 0.25) is 0 Å². The van der Waals surface area contributed by atoms with Crippen LogP contribution in [0.5, 0.6) is 0 Å². The zero-order valence-corrected chi connectivity index (χ0v) is 9.74. The molecule has 6 nitrogen and oxygen atoms in total. The molecule has 0 rings (SSSR count). The van der Waals surface area contributed by atoms with Crippen LogP contribution in [0.15, 0.2) is 0 Å².